The lowest BCUT2D eigenvalue weighted by Gasteiger charge is -2.14. The predicted molar refractivity (Wildman–Crippen MR) is 66.6 cm³/mol. The van der Waals surface area contributed by atoms with Gasteiger partial charge in [0.25, 0.3) is 0 Å². The smallest absolute Gasteiger partial charge is 0.0474 e. The number of anilines is 1. The number of hydrogen-bond donors (Lipinski definition) is 1. The Bertz CT molecular complexity index is 352. The minimum atomic E-state index is 0.853. The zero-order valence-corrected chi connectivity index (χ0v) is 10.1. The van der Waals surface area contributed by atoms with Gasteiger partial charge in [0.1, 0.15) is 0 Å². The van der Waals surface area contributed by atoms with Gasteiger partial charge in [0.05, 0.1) is 0 Å². The Hall–Kier alpha value is -1.06. The summed E-state index contributed by atoms with van der Waals surface area (Å²) in [5.41, 5.74) is 4.19. The lowest BCUT2D eigenvalue weighted by Crippen LogP contribution is -2.18. The van der Waals surface area contributed by atoms with Crippen molar-refractivity contribution in [1.82, 2.24) is 4.90 Å². The van der Waals surface area contributed by atoms with E-state index >= 15 is 0 Å². The fourth-order valence-electron chi connectivity index (χ4n) is 2.31. The van der Waals surface area contributed by atoms with Crippen molar-refractivity contribution in [3.05, 3.63) is 29.3 Å². The van der Waals surface area contributed by atoms with Gasteiger partial charge < -0.3 is 10.1 Å². The topological polar surface area (TPSA) is 24.5 Å². The highest BCUT2D eigenvalue weighted by molar-refractivity contribution is 5.55. The van der Waals surface area contributed by atoms with Crippen LogP contribution in [0.2, 0.25) is 0 Å². The average Bonchev–Trinajstić information content (AvgIpc) is 2.71. The number of ether oxygens (including phenoxy) is 1. The van der Waals surface area contributed by atoms with Crippen molar-refractivity contribution in [3.8, 4) is 0 Å². The Labute approximate surface area is 97.4 Å². The zero-order chi connectivity index (χ0) is 11.4. The first-order valence-corrected chi connectivity index (χ1v) is 5.85. The molecule has 1 heterocycles. The minimum Gasteiger partial charge on any atom is -0.388 e. The van der Waals surface area contributed by atoms with Crippen molar-refractivity contribution < 1.29 is 4.74 Å². The molecule has 1 aliphatic heterocycles. The summed E-state index contributed by atoms with van der Waals surface area (Å²) < 4.78 is 5.08. The van der Waals surface area contributed by atoms with E-state index in [1.54, 1.807) is 7.11 Å². The highest BCUT2D eigenvalue weighted by Crippen LogP contribution is 2.28. The summed E-state index contributed by atoms with van der Waals surface area (Å²) in [5, 5.41) is 3.26. The highest BCUT2D eigenvalue weighted by atomic mass is 16.5. The van der Waals surface area contributed by atoms with E-state index in [1.165, 1.54) is 16.8 Å². The molecule has 2 rings (SSSR count). The fraction of sp³-hybridized carbons (Fsp3) is 0.538. The van der Waals surface area contributed by atoms with Gasteiger partial charge in [-0.05, 0) is 23.6 Å². The van der Waals surface area contributed by atoms with Crippen LogP contribution in [0, 0.1) is 0 Å². The maximum absolute atomic E-state index is 5.08. The summed E-state index contributed by atoms with van der Waals surface area (Å²) >= 11 is 0. The average molecular weight is 220 g/mol. The highest BCUT2D eigenvalue weighted by Gasteiger charge is 2.20. The molecule has 0 spiro atoms. The quantitative estimate of drug-likeness (QED) is 0.769. The normalized spacial score (nSPS) is 15.1. The molecule has 1 N–H and O–H groups in total. The van der Waals surface area contributed by atoms with E-state index in [0.29, 0.717) is 0 Å². The first kappa shape index (κ1) is 11.4. The number of methoxy groups -OCH3 is 1. The molecule has 0 atom stereocenters. The van der Waals surface area contributed by atoms with Gasteiger partial charge in [-0.3, -0.25) is 4.90 Å². The van der Waals surface area contributed by atoms with Crippen molar-refractivity contribution in [2.45, 2.75) is 19.5 Å². The van der Waals surface area contributed by atoms with E-state index in [-0.39, 0.29) is 0 Å². The number of nitrogens with zero attached hydrogens (tertiary/aromatic N) is 1. The molecule has 0 fully saturated rings. The second kappa shape index (κ2) is 5.32. The molecule has 0 amide bonds. The lowest BCUT2D eigenvalue weighted by molar-refractivity contribution is 0.172. The molecular formula is C13H20N2O. The maximum Gasteiger partial charge on any atom is 0.0474 e. The molecule has 3 heteroatoms. The van der Waals surface area contributed by atoms with Crippen LogP contribution in [0.5, 0.6) is 0 Å². The maximum atomic E-state index is 5.08. The fourth-order valence-corrected chi connectivity index (χ4v) is 2.31. The molecule has 1 aromatic rings. The van der Waals surface area contributed by atoms with E-state index < -0.39 is 0 Å². The molecule has 0 saturated heterocycles. The van der Waals surface area contributed by atoms with Crippen molar-refractivity contribution in [1.29, 1.82) is 0 Å². The first-order valence-electron chi connectivity index (χ1n) is 5.85. The Balaban J connectivity index is 1.98. The van der Waals surface area contributed by atoms with E-state index in [4.69, 9.17) is 4.74 Å². The summed E-state index contributed by atoms with van der Waals surface area (Å²) in [6.45, 7) is 4.11. The Morgan fingerprint density at radius 3 is 3.00 bits per heavy atom. The molecule has 0 saturated carbocycles. The Morgan fingerprint density at radius 2 is 2.25 bits per heavy atom. The van der Waals surface area contributed by atoms with Gasteiger partial charge in [-0.25, -0.2) is 0 Å². The molecule has 0 aromatic heterocycles. The van der Waals surface area contributed by atoms with Crippen molar-refractivity contribution in [3.63, 3.8) is 0 Å². The Morgan fingerprint density at radius 1 is 1.38 bits per heavy atom. The molecule has 0 unspecified atom stereocenters. The molecule has 0 aliphatic carbocycles. The van der Waals surface area contributed by atoms with Crippen LogP contribution >= 0.6 is 0 Å². The third-order valence-corrected chi connectivity index (χ3v) is 3.14. The second-order valence-electron chi connectivity index (χ2n) is 4.25. The number of benzene rings is 1. The van der Waals surface area contributed by atoms with Crippen molar-refractivity contribution >= 4 is 5.69 Å². The molecule has 1 aromatic carbocycles. The van der Waals surface area contributed by atoms with Crippen molar-refractivity contribution in [2.75, 3.05) is 32.6 Å². The molecule has 88 valence electrons. The standard InChI is InChI=1S/C13H20N2O/c1-14-13-6-3-5-11-9-15(10-12(11)13)7-4-8-16-2/h3,5-6,14H,4,7-10H2,1-2H3. The summed E-state index contributed by atoms with van der Waals surface area (Å²) in [4.78, 5) is 2.48. The molecule has 1 aliphatic rings. The van der Waals surface area contributed by atoms with E-state index in [1.807, 2.05) is 7.05 Å². The number of fused-ring (bicyclic) bond motifs is 1. The van der Waals surface area contributed by atoms with Gasteiger partial charge in [-0.15, -0.1) is 0 Å². The number of rotatable bonds is 5. The van der Waals surface area contributed by atoms with Gasteiger partial charge in [0.2, 0.25) is 0 Å². The van der Waals surface area contributed by atoms with Gasteiger partial charge in [-0.1, -0.05) is 12.1 Å². The van der Waals surface area contributed by atoms with Gasteiger partial charge in [-0.2, -0.15) is 0 Å². The van der Waals surface area contributed by atoms with Crippen LogP contribution in [0.25, 0.3) is 0 Å². The summed E-state index contributed by atoms with van der Waals surface area (Å²) in [7, 11) is 3.75. The SMILES string of the molecule is CNc1cccc2c1CN(CCCOC)C2. The number of nitrogens with one attached hydrogen (secondary N) is 1. The van der Waals surface area contributed by atoms with Crippen LogP contribution in [-0.4, -0.2) is 32.2 Å². The van der Waals surface area contributed by atoms with Gasteiger partial charge >= 0.3 is 0 Å². The monoisotopic (exact) mass is 220 g/mol. The van der Waals surface area contributed by atoms with Crippen LogP contribution in [0.3, 0.4) is 0 Å². The molecule has 0 bridgehead atoms. The van der Waals surface area contributed by atoms with Crippen LogP contribution in [0.1, 0.15) is 17.5 Å². The molecule has 3 nitrogen and oxygen atoms in total. The minimum absolute atomic E-state index is 0.853. The lowest BCUT2D eigenvalue weighted by atomic mass is 10.1. The number of hydrogen-bond acceptors (Lipinski definition) is 3. The van der Waals surface area contributed by atoms with E-state index in [2.05, 4.69) is 28.4 Å². The van der Waals surface area contributed by atoms with E-state index in [0.717, 1.165) is 32.7 Å². The third-order valence-electron chi connectivity index (χ3n) is 3.14. The summed E-state index contributed by atoms with van der Waals surface area (Å²) in [6, 6.07) is 6.51. The summed E-state index contributed by atoms with van der Waals surface area (Å²) in [5.74, 6) is 0. The van der Waals surface area contributed by atoms with Gasteiger partial charge in [0, 0.05) is 46.1 Å². The van der Waals surface area contributed by atoms with Crippen LogP contribution in [-0.2, 0) is 17.8 Å². The third kappa shape index (κ3) is 2.36. The molecule has 16 heavy (non-hydrogen) atoms. The van der Waals surface area contributed by atoms with Crippen molar-refractivity contribution in [2.24, 2.45) is 0 Å². The molecule has 0 radical (unpaired) electrons. The van der Waals surface area contributed by atoms with Crippen LogP contribution < -0.4 is 5.32 Å². The second-order valence-corrected chi connectivity index (χ2v) is 4.25. The Kier molecular flexibility index (Phi) is 3.80. The predicted octanol–water partition coefficient (Wildman–Crippen LogP) is 2.08. The largest absolute Gasteiger partial charge is 0.388 e. The first-order chi connectivity index (χ1) is 7.85. The molecular weight excluding hydrogens is 200 g/mol. The summed E-state index contributed by atoms with van der Waals surface area (Å²) in [6.07, 6.45) is 1.11. The van der Waals surface area contributed by atoms with E-state index in [9.17, 15) is 0 Å². The van der Waals surface area contributed by atoms with Gasteiger partial charge in [0.15, 0.2) is 0 Å². The van der Waals surface area contributed by atoms with Crippen LogP contribution in [0.15, 0.2) is 18.2 Å². The zero-order valence-electron chi connectivity index (χ0n) is 10.1. The van der Waals surface area contributed by atoms with Crippen LogP contribution in [0.4, 0.5) is 5.69 Å².